The summed E-state index contributed by atoms with van der Waals surface area (Å²) < 4.78 is 33.0. The fourth-order valence-electron chi connectivity index (χ4n) is 3.97. The van der Waals surface area contributed by atoms with Gasteiger partial charge in [-0.1, -0.05) is 0 Å². The van der Waals surface area contributed by atoms with E-state index in [2.05, 4.69) is 34.0 Å². The van der Waals surface area contributed by atoms with E-state index in [9.17, 15) is 8.78 Å². The van der Waals surface area contributed by atoms with Crippen LogP contribution in [0.1, 0.15) is 13.8 Å². The van der Waals surface area contributed by atoms with Crippen LogP contribution in [-0.4, -0.2) is 87.4 Å². The van der Waals surface area contributed by atoms with E-state index < -0.39 is 5.82 Å². The number of nitrogens with one attached hydrogen (secondary N) is 1. The van der Waals surface area contributed by atoms with Gasteiger partial charge in [-0.05, 0) is 26.0 Å². The Morgan fingerprint density at radius 3 is 2.62 bits per heavy atom. The molecule has 2 aliphatic rings. The van der Waals surface area contributed by atoms with Gasteiger partial charge in [0.05, 0.1) is 18.9 Å². The van der Waals surface area contributed by atoms with E-state index in [0.29, 0.717) is 44.0 Å². The highest BCUT2D eigenvalue weighted by atomic mass is 127. The number of halogens is 3. The van der Waals surface area contributed by atoms with Gasteiger partial charge in [0.15, 0.2) is 5.96 Å². The summed E-state index contributed by atoms with van der Waals surface area (Å²) in [6, 6.07) is 4.39. The van der Waals surface area contributed by atoms with Crippen LogP contribution in [0.5, 0.6) is 0 Å². The largest absolute Gasteiger partial charge is 0.379 e. The number of hydrogen-bond donors (Lipinski definition) is 1. The topological polar surface area (TPSA) is 43.3 Å². The van der Waals surface area contributed by atoms with Gasteiger partial charge in [0.2, 0.25) is 0 Å². The van der Waals surface area contributed by atoms with Gasteiger partial charge in [-0.15, -0.1) is 24.0 Å². The smallest absolute Gasteiger partial charge is 0.193 e. The quantitative estimate of drug-likeness (QED) is 0.373. The summed E-state index contributed by atoms with van der Waals surface area (Å²) in [4.78, 5) is 10.9. The predicted octanol–water partition coefficient (Wildman–Crippen LogP) is 2.39. The molecule has 2 unspecified atom stereocenters. The second-order valence-electron chi connectivity index (χ2n) is 7.51. The highest BCUT2D eigenvalue weighted by molar-refractivity contribution is 14.0. The third kappa shape index (κ3) is 6.14. The summed E-state index contributed by atoms with van der Waals surface area (Å²) in [6.07, 6.45) is 0. The summed E-state index contributed by atoms with van der Waals surface area (Å²) >= 11 is 0. The number of guanidine groups is 1. The Bertz CT molecular complexity index is 685. The standard InChI is InChI=1S/C20H31F2N5O.HI/c1-15(27-10-11-28-14-16(27)2)13-24-20(23-3)26-8-6-25(7-9-26)19-12-17(21)4-5-18(19)22;/h4-5,12,15-16H,6-11,13-14H2,1-3H3,(H,23,24);1H. The predicted molar refractivity (Wildman–Crippen MR) is 123 cm³/mol. The zero-order valence-electron chi connectivity index (χ0n) is 17.4. The third-order valence-electron chi connectivity index (χ3n) is 5.58. The number of rotatable bonds is 4. The lowest BCUT2D eigenvalue weighted by atomic mass is 10.2. The Morgan fingerprint density at radius 1 is 1.24 bits per heavy atom. The molecule has 29 heavy (non-hydrogen) atoms. The third-order valence-corrected chi connectivity index (χ3v) is 5.58. The SMILES string of the molecule is CN=C(NCC(C)N1CCOCC1C)N1CCN(c2cc(F)ccc2F)CC1.I. The maximum Gasteiger partial charge on any atom is 0.193 e. The van der Waals surface area contributed by atoms with Crippen LogP contribution in [0.3, 0.4) is 0 Å². The summed E-state index contributed by atoms with van der Waals surface area (Å²) in [7, 11) is 1.78. The second kappa shape index (κ2) is 11.3. The molecule has 0 spiro atoms. The molecule has 2 atom stereocenters. The van der Waals surface area contributed by atoms with E-state index >= 15 is 0 Å². The maximum atomic E-state index is 14.0. The lowest BCUT2D eigenvalue weighted by Gasteiger charge is -2.40. The van der Waals surface area contributed by atoms with Gasteiger partial charge >= 0.3 is 0 Å². The van der Waals surface area contributed by atoms with Crippen molar-refractivity contribution in [2.45, 2.75) is 25.9 Å². The lowest BCUT2D eigenvalue weighted by Crippen LogP contribution is -2.56. The number of piperazine rings is 1. The van der Waals surface area contributed by atoms with Gasteiger partial charge in [-0.2, -0.15) is 0 Å². The van der Waals surface area contributed by atoms with Crippen molar-refractivity contribution >= 4 is 35.6 Å². The average molecular weight is 523 g/mol. The number of anilines is 1. The maximum absolute atomic E-state index is 14.0. The Balaban J connectivity index is 0.00000300. The van der Waals surface area contributed by atoms with Crippen LogP contribution in [0.4, 0.5) is 14.5 Å². The number of aliphatic imine (C=N–C) groups is 1. The van der Waals surface area contributed by atoms with Crippen molar-refractivity contribution in [2.75, 3.05) is 64.4 Å². The fraction of sp³-hybridized carbons (Fsp3) is 0.650. The van der Waals surface area contributed by atoms with Crippen LogP contribution in [0.2, 0.25) is 0 Å². The minimum atomic E-state index is -0.414. The molecular weight excluding hydrogens is 491 g/mol. The first-order valence-electron chi connectivity index (χ1n) is 9.98. The van der Waals surface area contributed by atoms with Crippen LogP contribution in [0.25, 0.3) is 0 Å². The zero-order valence-corrected chi connectivity index (χ0v) is 19.7. The highest BCUT2D eigenvalue weighted by Gasteiger charge is 2.25. The molecule has 1 aromatic rings. The Kier molecular flexibility index (Phi) is 9.35. The zero-order chi connectivity index (χ0) is 20.1. The van der Waals surface area contributed by atoms with E-state index in [1.165, 1.54) is 12.1 Å². The number of benzene rings is 1. The van der Waals surface area contributed by atoms with E-state index in [1.807, 2.05) is 4.90 Å². The number of ether oxygens (including phenoxy) is 1. The van der Waals surface area contributed by atoms with Crippen LogP contribution >= 0.6 is 24.0 Å². The normalized spacial score (nSPS) is 22.2. The first-order chi connectivity index (χ1) is 13.5. The van der Waals surface area contributed by atoms with Crippen LogP contribution < -0.4 is 10.2 Å². The molecule has 0 bridgehead atoms. The molecule has 6 nitrogen and oxygen atoms in total. The molecule has 1 N–H and O–H groups in total. The van der Waals surface area contributed by atoms with Gasteiger partial charge < -0.3 is 19.9 Å². The van der Waals surface area contributed by atoms with Gasteiger partial charge in [-0.3, -0.25) is 9.89 Å². The summed E-state index contributed by atoms with van der Waals surface area (Å²) in [5.74, 6) is 0.0561. The molecule has 0 aliphatic carbocycles. The monoisotopic (exact) mass is 523 g/mol. The minimum Gasteiger partial charge on any atom is -0.379 e. The highest BCUT2D eigenvalue weighted by Crippen LogP contribution is 2.22. The van der Waals surface area contributed by atoms with E-state index in [4.69, 9.17) is 4.74 Å². The van der Waals surface area contributed by atoms with Gasteiger partial charge in [0.25, 0.3) is 0 Å². The van der Waals surface area contributed by atoms with Crippen molar-refractivity contribution in [3.05, 3.63) is 29.8 Å². The van der Waals surface area contributed by atoms with E-state index in [0.717, 1.165) is 38.3 Å². The Labute approximate surface area is 189 Å². The summed E-state index contributed by atoms with van der Waals surface area (Å²) in [5.41, 5.74) is 0.331. The van der Waals surface area contributed by atoms with Gasteiger partial charge in [-0.25, -0.2) is 8.78 Å². The molecule has 164 valence electrons. The second-order valence-corrected chi connectivity index (χ2v) is 7.51. The molecule has 3 rings (SSSR count). The molecule has 0 radical (unpaired) electrons. The summed E-state index contributed by atoms with van der Waals surface area (Å²) in [5, 5.41) is 3.47. The summed E-state index contributed by atoms with van der Waals surface area (Å²) in [6.45, 7) is 10.4. The van der Waals surface area contributed by atoms with Crippen molar-refractivity contribution < 1.29 is 13.5 Å². The molecule has 2 saturated heterocycles. The van der Waals surface area contributed by atoms with E-state index in [1.54, 1.807) is 7.05 Å². The fourth-order valence-corrected chi connectivity index (χ4v) is 3.97. The average Bonchev–Trinajstić information content (AvgIpc) is 2.71. The van der Waals surface area contributed by atoms with Crippen molar-refractivity contribution in [3.8, 4) is 0 Å². The molecule has 0 saturated carbocycles. The van der Waals surface area contributed by atoms with Crippen LogP contribution in [0, 0.1) is 11.6 Å². The van der Waals surface area contributed by atoms with Gasteiger partial charge in [0, 0.05) is 64.5 Å². The van der Waals surface area contributed by atoms with Gasteiger partial charge in [0.1, 0.15) is 11.6 Å². The first-order valence-corrected chi connectivity index (χ1v) is 9.98. The van der Waals surface area contributed by atoms with Crippen molar-refractivity contribution in [3.63, 3.8) is 0 Å². The first kappa shape index (κ1) is 24.1. The number of morpholine rings is 1. The van der Waals surface area contributed by atoms with Crippen LogP contribution in [0.15, 0.2) is 23.2 Å². The van der Waals surface area contributed by atoms with Crippen molar-refractivity contribution in [2.24, 2.45) is 4.99 Å². The Morgan fingerprint density at radius 2 is 1.97 bits per heavy atom. The molecule has 2 heterocycles. The van der Waals surface area contributed by atoms with E-state index in [-0.39, 0.29) is 29.8 Å². The molecule has 2 aliphatic heterocycles. The van der Waals surface area contributed by atoms with Crippen LogP contribution in [-0.2, 0) is 4.74 Å². The minimum absolute atomic E-state index is 0. The Hall–Kier alpha value is -1.20. The lowest BCUT2D eigenvalue weighted by molar-refractivity contribution is -0.0175. The molecule has 9 heteroatoms. The number of nitrogens with zero attached hydrogens (tertiary/aromatic N) is 4. The molecule has 0 amide bonds. The van der Waals surface area contributed by atoms with Crippen molar-refractivity contribution in [1.82, 2.24) is 15.1 Å². The number of hydrogen-bond acceptors (Lipinski definition) is 4. The molecule has 1 aromatic carbocycles. The molecule has 0 aromatic heterocycles. The molecule has 2 fully saturated rings. The van der Waals surface area contributed by atoms with Crippen molar-refractivity contribution in [1.29, 1.82) is 0 Å². The molecular formula is C20H32F2IN5O.